The second-order valence-electron chi connectivity index (χ2n) is 2.22. The monoisotopic (exact) mass is 216 g/mol. The molecule has 0 heterocycles. The van der Waals surface area contributed by atoms with E-state index in [9.17, 15) is 4.79 Å². The van der Waals surface area contributed by atoms with Crippen LogP contribution in [0.3, 0.4) is 0 Å². The van der Waals surface area contributed by atoms with E-state index in [1.807, 2.05) is 0 Å². The molecular formula is C6H10Cl2O4. The molecule has 0 aliphatic rings. The van der Waals surface area contributed by atoms with E-state index >= 15 is 0 Å². The third kappa shape index (κ3) is 3.25. The fraction of sp³-hybridized carbons (Fsp3) is 0.833. The molecule has 0 rings (SSSR count). The van der Waals surface area contributed by atoms with Gasteiger partial charge in [0.1, 0.15) is 12.0 Å². The number of carbonyl (C=O) groups excluding carboxylic acids is 1. The van der Waals surface area contributed by atoms with E-state index in [1.165, 1.54) is 0 Å². The van der Waals surface area contributed by atoms with Gasteiger partial charge in [-0.05, 0) is 0 Å². The van der Waals surface area contributed by atoms with Crippen molar-refractivity contribution in [2.24, 2.45) is 0 Å². The van der Waals surface area contributed by atoms with Crippen LogP contribution in [0.1, 0.15) is 0 Å². The molecule has 72 valence electrons. The van der Waals surface area contributed by atoms with E-state index in [1.54, 1.807) is 0 Å². The maximum atomic E-state index is 10.7. The average molecular weight is 217 g/mol. The van der Waals surface area contributed by atoms with Gasteiger partial charge in [-0.25, -0.2) is 0 Å². The lowest BCUT2D eigenvalue weighted by molar-refractivity contribution is -0.121. The molecule has 0 saturated carbocycles. The molecule has 3 unspecified atom stereocenters. The Kier molecular flexibility index (Phi) is 5.78. The van der Waals surface area contributed by atoms with Crippen molar-refractivity contribution in [2.45, 2.75) is 16.9 Å². The number of hydrogen-bond acceptors (Lipinski definition) is 4. The van der Waals surface area contributed by atoms with Crippen molar-refractivity contribution < 1.29 is 20.1 Å². The van der Waals surface area contributed by atoms with Crippen LogP contribution < -0.4 is 0 Å². The fourth-order valence-electron chi connectivity index (χ4n) is 0.561. The number of alkyl halides is 2. The highest BCUT2D eigenvalue weighted by molar-refractivity contribution is 6.38. The minimum atomic E-state index is -1.26. The number of aliphatic hydroxyl groups is 3. The quantitative estimate of drug-likeness (QED) is 0.522. The average Bonchev–Trinajstić information content (AvgIpc) is 2.12. The zero-order valence-electron chi connectivity index (χ0n) is 6.15. The van der Waals surface area contributed by atoms with Gasteiger partial charge in [-0.15, -0.1) is 23.2 Å². The lowest BCUT2D eigenvalue weighted by Crippen LogP contribution is -2.38. The largest absolute Gasteiger partial charge is 0.394 e. The summed E-state index contributed by atoms with van der Waals surface area (Å²) in [4.78, 5) is 10.7. The topological polar surface area (TPSA) is 77.8 Å². The van der Waals surface area contributed by atoms with Gasteiger partial charge in [-0.1, -0.05) is 0 Å². The van der Waals surface area contributed by atoms with Crippen LogP contribution in [0.15, 0.2) is 0 Å². The van der Waals surface area contributed by atoms with Gasteiger partial charge in [-0.3, -0.25) is 4.79 Å². The molecule has 0 amide bonds. The van der Waals surface area contributed by atoms with Gasteiger partial charge < -0.3 is 15.3 Å². The van der Waals surface area contributed by atoms with Crippen LogP contribution in [0.5, 0.6) is 0 Å². The SMILES string of the molecule is O=C(CO)C(Cl)C(Cl)C(O)CO. The van der Waals surface area contributed by atoms with E-state index in [-0.39, 0.29) is 0 Å². The van der Waals surface area contributed by atoms with Crippen LogP contribution in [0.25, 0.3) is 0 Å². The van der Waals surface area contributed by atoms with Gasteiger partial charge >= 0.3 is 0 Å². The molecule has 0 aromatic rings. The summed E-state index contributed by atoms with van der Waals surface area (Å²) in [5.74, 6) is -0.677. The predicted octanol–water partition coefficient (Wildman–Crippen LogP) is -0.884. The molecule has 12 heavy (non-hydrogen) atoms. The summed E-state index contributed by atoms with van der Waals surface area (Å²) in [6.45, 7) is -1.30. The van der Waals surface area contributed by atoms with Gasteiger partial charge in [-0.2, -0.15) is 0 Å². The van der Waals surface area contributed by atoms with Crippen molar-refractivity contribution in [1.82, 2.24) is 0 Å². The number of carbonyl (C=O) groups is 1. The normalized spacial score (nSPS) is 18.4. The van der Waals surface area contributed by atoms with Crippen molar-refractivity contribution >= 4 is 29.0 Å². The van der Waals surface area contributed by atoms with Gasteiger partial charge in [0.25, 0.3) is 0 Å². The number of aliphatic hydroxyl groups excluding tert-OH is 3. The number of halogens is 2. The zero-order chi connectivity index (χ0) is 9.72. The van der Waals surface area contributed by atoms with E-state index in [4.69, 9.17) is 38.5 Å². The van der Waals surface area contributed by atoms with Crippen molar-refractivity contribution in [2.75, 3.05) is 13.2 Å². The van der Waals surface area contributed by atoms with Gasteiger partial charge in [0.15, 0.2) is 5.78 Å². The number of ketones is 1. The Morgan fingerprint density at radius 1 is 1.33 bits per heavy atom. The van der Waals surface area contributed by atoms with Crippen molar-refractivity contribution in [1.29, 1.82) is 0 Å². The van der Waals surface area contributed by atoms with Gasteiger partial charge in [0.05, 0.1) is 18.1 Å². The Labute approximate surface area is 79.7 Å². The Balaban J connectivity index is 4.08. The Morgan fingerprint density at radius 2 is 1.83 bits per heavy atom. The second-order valence-corrected chi connectivity index (χ2v) is 3.19. The molecule has 3 atom stereocenters. The molecule has 0 radical (unpaired) electrons. The van der Waals surface area contributed by atoms with Crippen LogP contribution in [-0.4, -0.2) is 51.2 Å². The van der Waals surface area contributed by atoms with Crippen molar-refractivity contribution in [3.05, 3.63) is 0 Å². The first kappa shape index (κ1) is 12.1. The first-order chi connectivity index (χ1) is 5.54. The maximum absolute atomic E-state index is 10.7. The highest BCUT2D eigenvalue weighted by atomic mass is 35.5. The molecule has 0 saturated heterocycles. The highest BCUT2D eigenvalue weighted by Crippen LogP contribution is 2.14. The fourth-order valence-corrected chi connectivity index (χ4v) is 1.02. The summed E-state index contributed by atoms with van der Waals surface area (Å²) in [6, 6.07) is 0. The molecule has 0 aliphatic carbocycles. The molecule has 6 heteroatoms. The minimum Gasteiger partial charge on any atom is -0.394 e. The summed E-state index contributed by atoms with van der Waals surface area (Å²) in [7, 11) is 0. The van der Waals surface area contributed by atoms with Gasteiger partial charge in [0, 0.05) is 0 Å². The molecule has 0 aliphatic heterocycles. The first-order valence-electron chi connectivity index (χ1n) is 3.25. The highest BCUT2D eigenvalue weighted by Gasteiger charge is 2.29. The van der Waals surface area contributed by atoms with E-state index < -0.39 is 35.9 Å². The number of Topliss-reactive ketones (excluding diaryl/α,β-unsaturated/α-hetero) is 1. The van der Waals surface area contributed by atoms with E-state index in [0.29, 0.717) is 0 Å². The van der Waals surface area contributed by atoms with E-state index in [0.717, 1.165) is 0 Å². The van der Waals surface area contributed by atoms with Crippen LogP contribution in [0.2, 0.25) is 0 Å². The van der Waals surface area contributed by atoms with Crippen molar-refractivity contribution in [3.63, 3.8) is 0 Å². The molecule has 0 bridgehead atoms. The molecule has 3 N–H and O–H groups in total. The summed E-state index contributed by atoms with van der Waals surface area (Å²) in [5, 5.41) is 23.5. The summed E-state index contributed by atoms with van der Waals surface area (Å²) < 4.78 is 0. The molecular weight excluding hydrogens is 207 g/mol. The lowest BCUT2D eigenvalue weighted by atomic mass is 10.1. The Morgan fingerprint density at radius 3 is 2.17 bits per heavy atom. The maximum Gasteiger partial charge on any atom is 0.177 e. The third-order valence-electron chi connectivity index (χ3n) is 1.30. The Hall–Kier alpha value is 0.130. The summed E-state index contributed by atoms with van der Waals surface area (Å²) in [6.07, 6.45) is -1.26. The zero-order valence-corrected chi connectivity index (χ0v) is 7.66. The smallest absolute Gasteiger partial charge is 0.177 e. The molecule has 0 fully saturated rings. The molecule has 4 nitrogen and oxygen atoms in total. The van der Waals surface area contributed by atoms with Crippen LogP contribution >= 0.6 is 23.2 Å². The predicted molar refractivity (Wildman–Crippen MR) is 44.5 cm³/mol. The third-order valence-corrected chi connectivity index (χ3v) is 2.48. The minimum absolute atomic E-state index is 0.573. The Bertz CT molecular complexity index is 152. The molecule has 0 spiro atoms. The standard InChI is InChI=1S/C6H10Cl2O4/c7-5(3(11)1-9)6(8)4(12)2-10/h3,5-6,9-11H,1-2H2. The number of hydrogen-bond donors (Lipinski definition) is 3. The first-order valence-corrected chi connectivity index (χ1v) is 4.12. The van der Waals surface area contributed by atoms with Crippen LogP contribution in [0.4, 0.5) is 0 Å². The van der Waals surface area contributed by atoms with Gasteiger partial charge in [0.2, 0.25) is 0 Å². The van der Waals surface area contributed by atoms with Crippen molar-refractivity contribution in [3.8, 4) is 0 Å². The number of rotatable bonds is 5. The summed E-state index contributed by atoms with van der Waals surface area (Å²) >= 11 is 10.9. The summed E-state index contributed by atoms with van der Waals surface area (Å²) in [5.41, 5.74) is 0. The van der Waals surface area contributed by atoms with Crippen LogP contribution in [-0.2, 0) is 4.79 Å². The van der Waals surface area contributed by atoms with Crippen LogP contribution in [0, 0.1) is 0 Å². The lowest BCUT2D eigenvalue weighted by Gasteiger charge is -2.17. The molecule has 0 aromatic heterocycles. The second kappa shape index (κ2) is 5.72. The molecule has 0 aromatic carbocycles. The van der Waals surface area contributed by atoms with E-state index in [2.05, 4.69) is 0 Å².